The molecule has 5 heteroatoms. The van der Waals surface area contributed by atoms with Crippen LogP contribution < -0.4 is 0 Å². The Hall–Kier alpha value is -1.88. The van der Waals surface area contributed by atoms with Crippen LogP contribution in [-0.2, 0) is 20.9 Å². The van der Waals surface area contributed by atoms with Crippen molar-refractivity contribution < 1.29 is 19.4 Å². The number of rotatable bonds is 4. The average molecular weight is 277 g/mol. The maximum atomic E-state index is 11.9. The molecule has 0 saturated carbocycles. The summed E-state index contributed by atoms with van der Waals surface area (Å²) in [4.78, 5) is 25.4. The first kappa shape index (κ1) is 14.5. The molecule has 1 saturated heterocycles. The van der Waals surface area contributed by atoms with Crippen LogP contribution in [0.15, 0.2) is 30.3 Å². The van der Waals surface area contributed by atoms with E-state index >= 15 is 0 Å². The van der Waals surface area contributed by atoms with E-state index in [4.69, 9.17) is 4.74 Å². The van der Waals surface area contributed by atoms with Crippen LogP contribution in [0.25, 0.3) is 0 Å². The molecule has 1 heterocycles. The molecule has 0 radical (unpaired) electrons. The Morgan fingerprint density at radius 2 is 2.05 bits per heavy atom. The maximum Gasteiger partial charge on any atom is 0.322 e. The van der Waals surface area contributed by atoms with Crippen molar-refractivity contribution in [3.63, 3.8) is 0 Å². The molecule has 0 spiro atoms. The highest BCUT2D eigenvalue weighted by molar-refractivity contribution is 5.87. The van der Waals surface area contributed by atoms with Gasteiger partial charge in [-0.2, -0.15) is 0 Å². The molecule has 0 aliphatic carbocycles. The zero-order valence-electron chi connectivity index (χ0n) is 11.7. The van der Waals surface area contributed by atoms with Gasteiger partial charge in [-0.05, 0) is 18.9 Å². The highest BCUT2D eigenvalue weighted by atomic mass is 16.5. The zero-order chi connectivity index (χ0) is 14.8. The summed E-state index contributed by atoms with van der Waals surface area (Å²) in [5, 5.41) is 9.49. The molecule has 1 fully saturated rings. The van der Waals surface area contributed by atoms with Gasteiger partial charge in [0.25, 0.3) is 0 Å². The fraction of sp³-hybridized carbons (Fsp3) is 0.467. The van der Waals surface area contributed by atoms with E-state index in [1.54, 1.807) is 6.92 Å². The van der Waals surface area contributed by atoms with Gasteiger partial charge in [0, 0.05) is 13.1 Å². The molecule has 1 aliphatic heterocycles. The summed E-state index contributed by atoms with van der Waals surface area (Å²) in [5.74, 6) is -1.44. The Morgan fingerprint density at radius 1 is 1.40 bits per heavy atom. The first-order valence-electron chi connectivity index (χ1n) is 6.58. The number of esters is 1. The first-order valence-corrected chi connectivity index (χ1v) is 6.58. The minimum absolute atomic E-state index is 0.458. The van der Waals surface area contributed by atoms with Crippen LogP contribution in [0, 0.1) is 5.41 Å². The van der Waals surface area contributed by atoms with E-state index in [-0.39, 0.29) is 0 Å². The predicted octanol–water partition coefficient (Wildman–Crippen LogP) is 1.52. The molecular formula is C15H19NO4. The molecule has 1 N–H and O–H groups in total. The summed E-state index contributed by atoms with van der Waals surface area (Å²) in [6.45, 7) is 2.75. The number of benzene rings is 1. The fourth-order valence-corrected chi connectivity index (χ4v) is 2.91. The van der Waals surface area contributed by atoms with Gasteiger partial charge >= 0.3 is 11.9 Å². The monoisotopic (exact) mass is 277 g/mol. The molecule has 2 unspecified atom stereocenters. The van der Waals surface area contributed by atoms with E-state index in [2.05, 4.69) is 0 Å². The van der Waals surface area contributed by atoms with Gasteiger partial charge in [0.1, 0.15) is 6.04 Å². The number of likely N-dealkylation sites (tertiary alicyclic amines) is 1. The SMILES string of the molecule is COC(=O)C1(C)CCN(Cc2ccccc2)C1C(=O)O. The lowest BCUT2D eigenvalue weighted by Gasteiger charge is -2.29. The summed E-state index contributed by atoms with van der Waals surface area (Å²) < 4.78 is 4.79. The average Bonchev–Trinajstić information content (AvgIpc) is 2.77. The molecular weight excluding hydrogens is 258 g/mol. The van der Waals surface area contributed by atoms with Gasteiger partial charge in [-0.25, -0.2) is 0 Å². The van der Waals surface area contributed by atoms with Crippen molar-refractivity contribution in [1.29, 1.82) is 0 Å². The van der Waals surface area contributed by atoms with Crippen LogP contribution in [-0.4, -0.2) is 41.6 Å². The number of nitrogens with zero attached hydrogens (tertiary/aromatic N) is 1. The molecule has 0 amide bonds. The number of aliphatic carboxylic acids is 1. The van der Waals surface area contributed by atoms with E-state index in [0.29, 0.717) is 19.5 Å². The lowest BCUT2D eigenvalue weighted by molar-refractivity contribution is -0.161. The van der Waals surface area contributed by atoms with E-state index in [9.17, 15) is 14.7 Å². The highest BCUT2D eigenvalue weighted by Gasteiger charge is 2.53. The second-order valence-corrected chi connectivity index (χ2v) is 5.36. The van der Waals surface area contributed by atoms with Crippen LogP contribution in [0.3, 0.4) is 0 Å². The molecule has 5 nitrogen and oxygen atoms in total. The van der Waals surface area contributed by atoms with Gasteiger partial charge in [0.05, 0.1) is 12.5 Å². The fourth-order valence-electron chi connectivity index (χ4n) is 2.91. The number of carbonyl (C=O) groups is 2. The van der Waals surface area contributed by atoms with Crippen molar-refractivity contribution in [2.75, 3.05) is 13.7 Å². The van der Waals surface area contributed by atoms with E-state index in [1.165, 1.54) is 7.11 Å². The molecule has 108 valence electrons. The smallest absolute Gasteiger partial charge is 0.322 e. The van der Waals surface area contributed by atoms with E-state index in [1.807, 2.05) is 35.2 Å². The second kappa shape index (κ2) is 5.63. The zero-order valence-corrected chi connectivity index (χ0v) is 11.7. The van der Waals surface area contributed by atoms with Crippen molar-refractivity contribution in [2.24, 2.45) is 5.41 Å². The summed E-state index contributed by atoms with van der Waals surface area (Å²) in [7, 11) is 1.30. The Morgan fingerprint density at radius 3 is 2.60 bits per heavy atom. The predicted molar refractivity (Wildman–Crippen MR) is 73.0 cm³/mol. The van der Waals surface area contributed by atoms with Gasteiger partial charge < -0.3 is 9.84 Å². The van der Waals surface area contributed by atoms with Crippen molar-refractivity contribution >= 4 is 11.9 Å². The van der Waals surface area contributed by atoms with Crippen molar-refractivity contribution in [3.8, 4) is 0 Å². The Kier molecular flexibility index (Phi) is 4.09. The molecule has 1 aromatic rings. The van der Waals surface area contributed by atoms with Gasteiger partial charge in [0.2, 0.25) is 0 Å². The lowest BCUT2D eigenvalue weighted by atomic mass is 9.82. The van der Waals surface area contributed by atoms with Crippen molar-refractivity contribution in [2.45, 2.75) is 25.9 Å². The molecule has 2 rings (SSSR count). The summed E-state index contributed by atoms with van der Waals surface area (Å²) in [6.07, 6.45) is 0.490. The second-order valence-electron chi connectivity index (χ2n) is 5.36. The number of methoxy groups -OCH3 is 1. The molecule has 1 aromatic carbocycles. The minimum Gasteiger partial charge on any atom is -0.480 e. The van der Waals surface area contributed by atoms with E-state index < -0.39 is 23.4 Å². The van der Waals surface area contributed by atoms with Crippen LogP contribution in [0.4, 0.5) is 0 Å². The third-order valence-corrected chi connectivity index (χ3v) is 4.00. The number of hydrogen-bond donors (Lipinski definition) is 1. The van der Waals surface area contributed by atoms with E-state index in [0.717, 1.165) is 5.56 Å². The summed E-state index contributed by atoms with van der Waals surface area (Å²) in [6, 6.07) is 8.80. The van der Waals surface area contributed by atoms with Crippen LogP contribution in [0.5, 0.6) is 0 Å². The molecule has 1 aliphatic rings. The molecule has 2 atom stereocenters. The number of carboxylic acids is 1. The van der Waals surface area contributed by atoms with Gasteiger partial charge in [-0.15, -0.1) is 0 Å². The number of hydrogen-bond acceptors (Lipinski definition) is 4. The van der Waals surface area contributed by atoms with Gasteiger partial charge in [-0.1, -0.05) is 30.3 Å². The highest BCUT2D eigenvalue weighted by Crippen LogP contribution is 2.38. The normalized spacial score (nSPS) is 26.4. The summed E-state index contributed by atoms with van der Waals surface area (Å²) >= 11 is 0. The first-order chi connectivity index (χ1) is 9.49. The topological polar surface area (TPSA) is 66.8 Å². The van der Waals surface area contributed by atoms with Gasteiger partial charge in [0.15, 0.2) is 0 Å². The molecule has 20 heavy (non-hydrogen) atoms. The number of carboxylic acid groups (broad SMARTS) is 1. The molecule has 0 bridgehead atoms. The quantitative estimate of drug-likeness (QED) is 0.845. The van der Waals surface area contributed by atoms with Crippen molar-refractivity contribution in [3.05, 3.63) is 35.9 Å². The summed E-state index contributed by atoms with van der Waals surface area (Å²) in [5.41, 5.74) is 0.0444. The molecule has 0 aromatic heterocycles. The standard InChI is InChI=1S/C15H19NO4/c1-15(14(19)20-2)8-9-16(12(15)13(17)18)10-11-6-4-3-5-7-11/h3-7,12H,8-10H2,1-2H3,(H,17,18). The lowest BCUT2D eigenvalue weighted by Crippen LogP contribution is -2.48. The Balaban J connectivity index is 2.23. The van der Waals surface area contributed by atoms with Crippen LogP contribution in [0.2, 0.25) is 0 Å². The Bertz CT molecular complexity index is 502. The third-order valence-electron chi connectivity index (χ3n) is 4.00. The minimum atomic E-state index is -0.991. The van der Waals surface area contributed by atoms with Gasteiger partial charge in [-0.3, -0.25) is 14.5 Å². The maximum absolute atomic E-state index is 11.9. The largest absolute Gasteiger partial charge is 0.480 e. The van der Waals surface area contributed by atoms with Crippen LogP contribution in [0.1, 0.15) is 18.9 Å². The number of carbonyl (C=O) groups excluding carboxylic acids is 1. The van der Waals surface area contributed by atoms with Crippen LogP contribution >= 0.6 is 0 Å². The van der Waals surface area contributed by atoms with Crippen molar-refractivity contribution in [1.82, 2.24) is 4.90 Å². The Labute approximate surface area is 118 Å². The number of ether oxygens (including phenoxy) is 1. The third kappa shape index (κ3) is 2.54.